The fourth-order valence-electron chi connectivity index (χ4n) is 2.42. The molecule has 1 aromatic carbocycles. The molecule has 0 radical (unpaired) electrons. The van der Waals surface area contributed by atoms with Crippen LogP contribution in [-0.4, -0.2) is 41.4 Å². The van der Waals surface area contributed by atoms with Gasteiger partial charge in [0.25, 0.3) is 5.91 Å². The van der Waals surface area contributed by atoms with Gasteiger partial charge < -0.3 is 14.6 Å². The van der Waals surface area contributed by atoms with Gasteiger partial charge in [0.1, 0.15) is 12.3 Å². The Labute approximate surface area is 129 Å². The van der Waals surface area contributed by atoms with E-state index in [1.807, 2.05) is 26.8 Å². The summed E-state index contributed by atoms with van der Waals surface area (Å²) in [6, 6.07) is 8.74. The highest BCUT2D eigenvalue weighted by Crippen LogP contribution is 2.36. The maximum atomic E-state index is 12.5. The Hall–Kier alpha value is -1.92. The Morgan fingerprint density at radius 2 is 1.91 bits per heavy atom. The predicted molar refractivity (Wildman–Crippen MR) is 78.8 cm³/mol. The molecule has 2 rings (SSSR count). The van der Waals surface area contributed by atoms with Gasteiger partial charge in [0.2, 0.25) is 0 Å². The Morgan fingerprint density at radius 3 is 2.41 bits per heavy atom. The van der Waals surface area contributed by atoms with Crippen LogP contribution >= 0.6 is 0 Å². The maximum Gasteiger partial charge on any atom is 0.418 e. The van der Waals surface area contributed by atoms with E-state index >= 15 is 0 Å². The molecule has 1 saturated heterocycles. The third kappa shape index (κ3) is 2.98. The van der Waals surface area contributed by atoms with Gasteiger partial charge in [0.05, 0.1) is 7.11 Å². The number of aliphatic hydroxyl groups is 1. The van der Waals surface area contributed by atoms with E-state index in [-0.39, 0.29) is 0 Å². The van der Waals surface area contributed by atoms with E-state index in [1.165, 1.54) is 7.11 Å². The Kier molecular flexibility index (Phi) is 4.53. The third-order valence-electron chi connectivity index (χ3n) is 3.53. The third-order valence-corrected chi connectivity index (χ3v) is 3.53. The molecule has 1 aliphatic rings. The molecule has 0 bridgehead atoms. The molecule has 3 unspecified atom stereocenters. The molecule has 2 amide bonds. The standard InChI is InChI=1S/C16H21NO5/c1-16(2,3)14-17(15(20)21-4)13(19)12(22-14)11(18)10-8-6-5-7-9-10/h5-9,11-12,14,18H,1-4H3. The number of imide groups is 1. The van der Waals surface area contributed by atoms with Crippen LogP contribution in [0.4, 0.5) is 4.79 Å². The topological polar surface area (TPSA) is 76.1 Å². The first-order chi connectivity index (χ1) is 10.3. The number of nitrogens with zero attached hydrogens (tertiary/aromatic N) is 1. The van der Waals surface area contributed by atoms with E-state index < -0.39 is 35.9 Å². The number of amides is 2. The van der Waals surface area contributed by atoms with E-state index in [2.05, 4.69) is 4.74 Å². The van der Waals surface area contributed by atoms with E-state index in [4.69, 9.17) is 4.74 Å². The number of rotatable bonds is 2. The van der Waals surface area contributed by atoms with Crippen molar-refractivity contribution in [2.75, 3.05) is 7.11 Å². The summed E-state index contributed by atoms with van der Waals surface area (Å²) in [4.78, 5) is 25.4. The molecule has 1 aliphatic heterocycles. The van der Waals surface area contributed by atoms with Gasteiger partial charge in [-0.2, -0.15) is 0 Å². The largest absolute Gasteiger partial charge is 0.452 e. The van der Waals surface area contributed by atoms with Crippen molar-refractivity contribution in [3.63, 3.8) is 0 Å². The average molecular weight is 307 g/mol. The lowest BCUT2D eigenvalue weighted by Crippen LogP contribution is -2.46. The van der Waals surface area contributed by atoms with Crippen molar-refractivity contribution in [3.8, 4) is 0 Å². The first-order valence-electron chi connectivity index (χ1n) is 7.07. The minimum atomic E-state index is -1.15. The summed E-state index contributed by atoms with van der Waals surface area (Å²) >= 11 is 0. The quantitative estimate of drug-likeness (QED) is 0.905. The van der Waals surface area contributed by atoms with Gasteiger partial charge in [0.15, 0.2) is 6.10 Å². The van der Waals surface area contributed by atoms with Gasteiger partial charge >= 0.3 is 6.09 Å². The first-order valence-corrected chi connectivity index (χ1v) is 7.07. The van der Waals surface area contributed by atoms with E-state index in [0.717, 1.165) is 4.90 Å². The van der Waals surface area contributed by atoms with Gasteiger partial charge in [-0.1, -0.05) is 51.1 Å². The zero-order valence-electron chi connectivity index (χ0n) is 13.1. The van der Waals surface area contributed by atoms with Crippen molar-refractivity contribution in [1.82, 2.24) is 4.90 Å². The van der Waals surface area contributed by atoms with Gasteiger partial charge in [-0.15, -0.1) is 0 Å². The molecule has 0 saturated carbocycles. The van der Waals surface area contributed by atoms with Crippen LogP contribution in [0.15, 0.2) is 30.3 Å². The van der Waals surface area contributed by atoms with Crippen LogP contribution in [0.25, 0.3) is 0 Å². The highest BCUT2D eigenvalue weighted by molar-refractivity contribution is 5.96. The van der Waals surface area contributed by atoms with Crippen molar-refractivity contribution in [2.45, 2.75) is 39.2 Å². The molecule has 6 nitrogen and oxygen atoms in total. The van der Waals surface area contributed by atoms with E-state index in [1.54, 1.807) is 24.3 Å². The molecule has 3 atom stereocenters. The van der Waals surface area contributed by atoms with E-state index in [9.17, 15) is 14.7 Å². The van der Waals surface area contributed by atoms with Gasteiger partial charge in [-0.25, -0.2) is 9.69 Å². The number of hydrogen-bond acceptors (Lipinski definition) is 5. The van der Waals surface area contributed by atoms with Crippen molar-refractivity contribution >= 4 is 12.0 Å². The van der Waals surface area contributed by atoms with Crippen LogP contribution in [0.1, 0.15) is 32.4 Å². The van der Waals surface area contributed by atoms with Crippen LogP contribution in [-0.2, 0) is 14.3 Å². The summed E-state index contributed by atoms with van der Waals surface area (Å²) < 4.78 is 10.4. The summed E-state index contributed by atoms with van der Waals surface area (Å²) in [6.45, 7) is 5.54. The number of ether oxygens (including phenoxy) is 2. The smallest absolute Gasteiger partial charge is 0.418 e. The van der Waals surface area contributed by atoms with Crippen molar-refractivity contribution in [3.05, 3.63) is 35.9 Å². The van der Waals surface area contributed by atoms with Crippen molar-refractivity contribution in [2.24, 2.45) is 5.41 Å². The highest BCUT2D eigenvalue weighted by atomic mass is 16.6. The first kappa shape index (κ1) is 16.5. The lowest BCUT2D eigenvalue weighted by Gasteiger charge is -2.31. The predicted octanol–water partition coefficient (Wildman–Crippen LogP) is 2.09. The number of hydrogen-bond donors (Lipinski definition) is 1. The zero-order chi connectivity index (χ0) is 16.5. The van der Waals surface area contributed by atoms with Crippen LogP contribution in [0.5, 0.6) is 0 Å². The number of methoxy groups -OCH3 is 1. The monoisotopic (exact) mass is 307 g/mol. The average Bonchev–Trinajstić information content (AvgIpc) is 2.84. The molecule has 0 spiro atoms. The molecule has 1 aromatic rings. The summed E-state index contributed by atoms with van der Waals surface area (Å²) in [5.41, 5.74) is 0.0508. The van der Waals surface area contributed by atoms with Crippen LogP contribution in [0.3, 0.4) is 0 Å². The molecule has 6 heteroatoms. The number of aliphatic hydroxyl groups excluding tert-OH is 1. The van der Waals surface area contributed by atoms with Gasteiger partial charge in [-0.05, 0) is 5.56 Å². The second-order valence-electron chi connectivity index (χ2n) is 6.31. The van der Waals surface area contributed by atoms with Gasteiger partial charge in [0, 0.05) is 5.41 Å². The minimum Gasteiger partial charge on any atom is -0.452 e. The Morgan fingerprint density at radius 1 is 1.32 bits per heavy atom. The van der Waals surface area contributed by atoms with Gasteiger partial charge in [-0.3, -0.25) is 4.79 Å². The zero-order valence-corrected chi connectivity index (χ0v) is 13.1. The van der Waals surface area contributed by atoms with Crippen molar-refractivity contribution in [1.29, 1.82) is 0 Å². The van der Waals surface area contributed by atoms with Crippen LogP contribution < -0.4 is 0 Å². The summed E-state index contributed by atoms with van der Waals surface area (Å²) in [5, 5.41) is 10.4. The lowest BCUT2D eigenvalue weighted by molar-refractivity contribution is -0.132. The Bertz CT molecular complexity index is 551. The number of carbonyl (C=O) groups excluding carboxylic acids is 2. The SMILES string of the molecule is COC(=O)N1C(=O)C(C(O)c2ccccc2)OC1C(C)(C)C. The second kappa shape index (κ2) is 6.06. The molecule has 0 aliphatic carbocycles. The number of benzene rings is 1. The molecule has 1 heterocycles. The minimum absolute atomic E-state index is 0.505. The maximum absolute atomic E-state index is 12.5. The highest BCUT2D eigenvalue weighted by Gasteiger charge is 2.52. The lowest BCUT2D eigenvalue weighted by atomic mass is 9.94. The fraction of sp³-hybridized carbons (Fsp3) is 0.500. The molecule has 22 heavy (non-hydrogen) atoms. The number of carbonyl (C=O) groups is 2. The molecular weight excluding hydrogens is 286 g/mol. The second-order valence-corrected chi connectivity index (χ2v) is 6.31. The summed E-state index contributed by atoms with van der Waals surface area (Å²) in [7, 11) is 1.20. The van der Waals surface area contributed by atoms with Crippen molar-refractivity contribution < 1.29 is 24.2 Å². The Balaban J connectivity index is 2.32. The summed E-state index contributed by atoms with van der Waals surface area (Å²) in [5.74, 6) is -0.594. The molecule has 0 aromatic heterocycles. The molecular formula is C16H21NO5. The summed E-state index contributed by atoms with van der Waals surface area (Å²) in [6.07, 6.45) is -3.86. The molecule has 1 N–H and O–H groups in total. The molecule has 120 valence electrons. The van der Waals surface area contributed by atoms with E-state index in [0.29, 0.717) is 5.56 Å². The molecule has 1 fully saturated rings. The van der Waals surface area contributed by atoms with Crippen LogP contribution in [0.2, 0.25) is 0 Å². The fourth-order valence-corrected chi connectivity index (χ4v) is 2.42. The normalized spacial score (nSPS) is 23.5. The van der Waals surface area contributed by atoms with Crippen LogP contribution in [0, 0.1) is 5.41 Å².